The number of piperazine rings is 1. The van der Waals surface area contributed by atoms with Crippen molar-refractivity contribution in [3.05, 3.63) is 11.8 Å². The van der Waals surface area contributed by atoms with E-state index in [2.05, 4.69) is 15.8 Å². The average Bonchev–Trinajstić information content (AvgIpc) is 2.95. The fourth-order valence-electron chi connectivity index (χ4n) is 3.20. The zero-order chi connectivity index (χ0) is 15.7. The first-order chi connectivity index (χ1) is 10.5. The van der Waals surface area contributed by atoms with Gasteiger partial charge >= 0.3 is 6.03 Å². The highest BCUT2D eigenvalue weighted by Crippen LogP contribution is 2.26. The molecule has 3 rings (SSSR count). The summed E-state index contributed by atoms with van der Waals surface area (Å²) in [7, 11) is 0. The van der Waals surface area contributed by atoms with Crippen molar-refractivity contribution < 1.29 is 14.1 Å². The van der Waals surface area contributed by atoms with E-state index in [-0.39, 0.29) is 36.5 Å². The Morgan fingerprint density at radius 1 is 1.45 bits per heavy atom. The number of urea groups is 1. The van der Waals surface area contributed by atoms with Crippen molar-refractivity contribution >= 4 is 17.8 Å². The molecule has 0 spiro atoms. The summed E-state index contributed by atoms with van der Waals surface area (Å²) in [4.78, 5) is 25.9. The van der Waals surface area contributed by atoms with Crippen LogP contribution < -0.4 is 10.6 Å². The maximum absolute atomic E-state index is 12.5. The minimum Gasteiger partial charge on any atom is -0.359 e. The summed E-state index contributed by atoms with van der Waals surface area (Å²) in [5.41, 5.74) is 0. The van der Waals surface area contributed by atoms with Gasteiger partial charge in [-0.15, -0.1) is 0 Å². The van der Waals surface area contributed by atoms with Crippen LogP contribution in [0.3, 0.4) is 0 Å². The largest absolute Gasteiger partial charge is 0.359 e. The SMILES string of the molecule is CC(C)c1cc(NC(=O)N2CC(=O)N[C@H]3CCCC[C@@H]32)no1. The Hall–Kier alpha value is -2.05. The molecule has 0 radical (unpaired) electrons. The summed E-state index contributed by atoms with van der Waals surface area (Å²) in [6.45, 7) is 4.09. The fraction of sp³-hybridized carbons (Fsp3) is 0.667. The van der Waals surface area contributed by atoms with Gasteiger partial charge in [0.1, 0.15) is 12.3 Å². The minimum absolute atomic E-state index is 0.0721. The fourth-order valence-corrected chi connectivity index (χ4v) is 3.20. The average molecular weight is 306 g/mol. The molecule has 120 valence electrons. The predicted octanol–water partition coefficient (Wildman–Crippen LogP) is 2.07. The first-order valence-corrected chi connectivity index (χ1v) is 7.88. The van der Waals surface area contributed by atoms with E-state index in [9.17, 15) is 9.59 Å². The molecule has 1 aliphatic carbocycles. The summed E-state index contributed by atoms with van der Waals surface area (Å²) in [6, 6.07) is 1.59. The monoisotopic (exact) mass is 306 g/mol. The number of anilines is 1. The Kier molecular flexibility index (Phi) is 4.04. The second-order valence-corrected chi connectivity index (χ2v) is 6.35. The molecule has 0 aromatic carbocycles. The summed E-state index contributed by atoms with van der Waals surface area (Å²) in [5, 5.41) is 9.60. The van der Waals surface area contributed by atoms with Gasteiger partial charge in [0.2, 0.25) is 5.91 Å². The van der Waals surface area contributed by atoms with Crippen LogP contribution in [0.15, 0.2) is 10.6 Å². The number of hydrogen-bond donors (Lipinski definition) is 2. The Bertz CT molecular complexity index is 569. The molecule has 3 amide bonds. The van der Waals surface area contributed by atoms with Crippen LogP contribution in [-0.4, -0.2) is 40.6 Å². The van der Waals surface area contributed by atoms with Gasteiger partial charge in [-0.1, -0.05) is 31.8 Å². The van der Waals surface area contributed by atoms with Crippen LogP contribution >= 0.6 is 0 Å². The summed E-state index contributed by atoms with van der Waals surface area (Å²) >= 11 is 0. The Balaban J connectivity index is 1.70. The van der Waals surface area contributed by atoms with Crippen LogP contribution in [0.25, 0.3) is 0 Å². The van der Waals surface area contributed by atoms with E-state index in [0.29, 0.717) is 5.82 Å². The molecule has 2 aliphatic rings. The van der Waals surface area contributed by atoms with Crippen molar-refractivity contribution in [3.8, 4) is 0 Å². The highest BCUT2D eigenvalue weighted by atomic mass is 16.5. The third kappa shape index (κ3) is 2.93. The molecular weight excluding hydrogens is 284 g/mol. The van der Waals surface area contributed by atoms with Gasteiger partial charge in [-0.05, 0) is 12.8 Å². The van der Waals surface area contributed by atoms with Crippen LogP contribution in [-0.2, 0) is 4.79 Å². The van der Waals surface area contributed by atoms with Crippen molar-refractivity contribution in [2.45, 2.75) is 57.5 Å². The number of rotatable bonds is 2. The van der Waals surface area contributed by atoms with Gasteiger partial charge in [0.05, 0.1) is 6.04 Å². The maximum atomic E-state index is 12.5. The molecule has 2 N–H and O–H groups in total. The number of nitrogens with one attached hydrogen (secondary N) is 2. The molecule has 1 aromatic heterocycles. The lowest BCUT2D eigenvalue weighted by atomic mass is 9.87. The van der Waals surface area contributed by atoms with Gasteiger partial charge in [0.15, 0.2) is 5.82 Å². The lowest BCUT2D eigenvalue weighted by molar-refractivity contribution is -0.126. The number of hydrogen-bond acceptors (Lipinski definition) is 4. The molecule has 0 bridgehead atoms. The molecule has 1 aromatic rings. The summed E-state index contributed by atoms with van der Waals surface area (Å²) < 4.78 is 5.18. The van der Waals surface area contributed by atoms with E-state index in [1.807, 2.05) is 13.8 Å². The molecule has 2 fully saturated rings. The number of aromatic nitrogens is 1. The molecule has 1 saturated carbocycles. The zero-order valence-corrected chi connectivity index (χ0v) is 13.0. The normalized spacial score (nSPS) is 24.9. The van der Waals surface area contributed by atoms with Gasteiger partial charge < -0.3 is 14.7 Å². The van der Waals surface area contributed by atoms with Gasteiger partial charge in [0, 0.05) is 18.0 Å². The number of fused-ring (bicyclic) bond motifs is 1. The number of amides is 3. The van der Waals surface area contributed by atoms with Gasteiger partial charge in [-0.3, -0.25) is 10.1 Å². The standard InChI is InChI=1S/C15H22N4O3/c1-9(2)12-7-13(18-22-12)17-15(21)19-8-14(20)16-10-5-3-4-6-11(10)19/h7,9-11H,3-6,8H2,1-2H3,(H,16,20)(H,17,18,21)/t10-,11-/m0/s1. The topological polar surface area (TPSA) is 87.5 Å². The molecule has 7 nitrogen and oxygen atoms in total. The molecule has 1 saturated heterocycles. The van der Waals surface area contributed by atoms with E-state index >= 15 is 0 Å². The van der Waals surface area contributed by atoms with Crippen LogP contribution in [0.5, 0.6) is 0 Å². The van der Waals surface area contributed by atoms with Gasteiger partial charge in [-0.25, -0.2) is 4.79 Å². The smallest absolute Gasteiger partial charge is 0.323 e. The molecule has 2 atom stereocenters. The summed E-state index contributed by atoms with van der Waals surface area (Å²) in [5.74, 6) is 1.23. The Labute approximate surface area is 129 Å². The molecular formula is C15H22N4O3. The van der Waals surface area contributed by atoms with Crippen molar-refractivity contribution in [2.75, 3.05) is 11.9 Å². The van der Waals surface area contributed by atoms with E-state index in [1.165, 1.54) is 0 Å². The van der Waals surface area contributed by atoms with Gasteiger partial charge in [0.25, 0.3) is 0 Å². The van der Waals surface area contributed by atoms with E-state index in [1.54, 1.807) is 11.0 Å². The number of nitrogens with zero attached hydrogens (tertiary/aromatic N) is 2. The predicted molar refractivity (Wildman–Crippen MR) is 80.5 cm³/mol. The number of carbonyl (C=O) groups excluding carboxylic acids is 2. The Morgan fingerprint density at radius 3 is 2.95 bits per heavy atom. The highest BCUT2D eigenvalue weighted by molar-refractivity contribution is 5.92. The third-order valence-electron chi connectivity index (χ3n) is 4.38. The molecule has 2 heterocycles. The lowest BCUT2D eigenvalue weighted by Gasteiger charge is -2.43. The van der Waals surface area contributed by atoms with Crippen molar-refractivity contribution in [3.63, 3.8) is 0 Å². The Morgan fingerprint density at radius 2 is 2.23 bits per heavy atom. The van der Waals surface area contributed by atoms with Gasteiger partial charge in [-0.2, -0.15) is 0 Å². The molecule has 0 unspecified atom stereocenters. The van der Waals surface area contributed by atoms with Crippen LogP contribution in [0.1, 0.15) is 51.2 Å². The third-order valence-corrected chi connectivity index (χ3v) is 4.38. The number of carbonyl (C=O) groups is 2. The van der Waals surface area contributed by atoms with Crippen LogP contribution in [0.4, 0.5) is 10.6 Å². The van der Waals surface area contributed by atoms with E-state index < -0.39 is 0 Å². The first kappa shape index (κ1) is 14.9. The minimum atomic E-state index is -0.282. The van der Waals surface area contributed by atoms with Crippen LogP contribution in [0, 0.1) is 0 Å². The van der Waals surface area contributed by atoms with E-state index in [0.717, 1.165) is 31.4 Å². The quantitative estimate of drug-likeness (QED) is 0.875. The molecule has 7 heteroatoms. The lowest BCUT2D eigenvalue weighted by Crippen LogP contribution is -2.63. The summed E-state index contributed by atoms with van der Waals surface area (Å²) in [6.07, 6.45) is 4.04. The second kappa shape index (κ2) is 5.98. The first-order valence-electron chi connectivity index (χ1n) is 7.88. The highest BCUT2D eigenvalue weighted by Gasteiger charge is 2.39. The zero-order valence-electron chi connectivity index (χ0n) is 13.0. The molecule has 22 heavy (non-hydrogen) atoms. The van der Waals surface area contributed by atoms with Crippen molar-refractivity contribution in [1.82, 2.24) is 15.4 Å². The van der Waals surface area contributed by atoms with E-state index in [4.69, 9.17) is 4.52 Å². The van der Waals surface area contributed by atoms with Crippen molar-refractivity contribution in [1.29, 1.82) is 0 Å². The van der Waals surface area contributed by atoms with Crippen LogP contribution in [0.2, 0.25) is 0 Å². The maximum Gasteiger partial charge on any atom is 0.323 e. The molecule has 1 aliphatic heterocycles. The van der Waals surface area contributed by atoms with Crippen molar-refractivity contribution in [2.24, 2.45) is 0 Å². The second-order valence-electron chi connectivity index (χ2n) is 6.35.